The Bertz CT molecular complexity index is 738. The number of nitrogens with zero attached hydrogens (tertiary/aromatic N) is 3. The van der Waals surface area contributed by atoms with Gasteiger partial charge in [-0.3, -0.25) is 4.68 Å². The summed E-state index contributed by atoms with van der Waals surface area (Å²) in [6.07, 6.45) is 3.49. The van der Waals surface area contributed by atoms with E-state index in [2.05, 4.69) is 52.0 Å². The molecule has 0 bridgehead atoms. The monoisotopic (exact) mass is 386 g/mol. The fraction of sp³-hybridized carbons (Fsp3) is 0.524. The van der Waals surface area contributed by atoms with E-state index in [0.717, 1.165) is 17.8 Å². The molecule has 2 unspecified atom stereocenters. The molecular formula is C21H34N6O. The van der Waals surface area contributed by atoms with E-state index in [1.807, 2.05) is 38.4 Å². The minimum Gasteiger partial charge on any atom is -0.383 e. The van der Waals surface area contributed by atoms with Crippen LogP contribution in [0.25, 0.3) is 0 Å². The van der Waals surface area contributed by atoms with E-state index >= 15 is 0 Å². The first-order chi connectivity index (χ1) is 13.3. The Morgan fingerprint density at radius 3 is 2.54 bits per heavy atom. The summed E-state index contributed by atoms with van der Waals surface area (Å²) in [5.41, 5.74) is 0.779. The lowest BCUT2D eigenvalue weighted by Gasteiger charge is -2.25. The van der Waals surface area contributed by atoms with Crippen LogP contribution in [0.5, 0.6) is 0 Å². The topological polar surface area (TPSA) is 86.5 Å². The molecule has 4 N–H and O–H groups in total. The van der Waals surface area contributed by atoms with Crippen LogP contribution < -0.4 is 16.0 Å². The van der Waals surface area contributed by atoms with Crippen LogP contribution >= 0.6 is 0 Å². The minimum absolute atomic E-state index is 0.241. The van der Waals surface area contributed by atoms with Crippen molar-refractivity contribution in [1.82, 2.24) is 20.4 Å². The molecule has 154 valence electrons. The molecule has 0 aliphatic heterocycles. The summed E-state index contributed by atoms with van der Waals surface area (Å²) >= 11 is 0. The van der Waals surface area contributed by atoms with Gasteiger partial charge in [-0.05, 0) is 31.9 Å². The quantitative estimate of drug-likeness (QED) is 0.392. The largest absolute Gasteiger partial charge is 0.383 e. The van der Waals surface area contributed by atoms with Crippen LogP contribution in [-0.4, -0.2) is 46.5 Å². The van der Waals surface area contributed by atoms with Gasteiger partial charge in [0.25, 0.3) is 0 Å². The summed E-state index contributed by atoms with van der Waals surface area (Å²) in [6, 6.07) is 10.4. The molecule has 2 aromatic rings. The maximum atomic E-state index is 10.7. The number of hydrogen-bond acceptors (Lipinski definition) is 4. The van der Waals surface area contributed by atoms with E-state index < -0.39 is 5.60 Å². The summed E-state index contributed by atoms with van der Waals surface area (Å²) in [5, 5.41) is 25.1. The second kappa shape index (κ2) is 10.1. The van der Waals surface area contributed by atoms with Crippen LogP contribution in [0.1, 0.15) is 33.3 Å². The van der Waals surface area contributed by atoms with Gasteiger partial charge in [-0.2, -0.15) is 5.10 Å². The smallest absolute Gasteiger partial charge is 0.191 e. The molecule has 1 aromatic carbocycles. The van der Waals surface area contributed by atoms with Crippen molar-refractivity contribution in [2.75, 3.05) is 25.0 Å². The van der Waals surface area contributed by atoms with Crippen LogP contribution in [0.4, 0.5) is 5.69 Å². The fourth-order valence-electron chi connectivity index (χ4n) is 2.77. The second-order valence-corrected chi connectivity index (χ2v) is 7.61. The molecule has 28 heavy (non-hydrogen) atoms. The van der Waals surface area contributed by atoms with Gasteiger partial charge in [0, 0.05) is 43.6 Å². The maximum absolute atomic E-state index is 10.7. The molecule has 1 aromatic heterocycles. The van der Waals surface area contributed by atoms with Crippen LogP contribution in [0.15, 0.2) is 47.7 Å². The van der Waals surface area contributed by atoms with Gasteiger partial charge in [-0.1, -0.05) is 32.0 Å². The van der Waals surface area contributed by atoms with Crippen molar-refractivity contribution in [3.05, 3.63) is 48.3 Å². The highest BCUT2D eigenvalue weighted by molar-refractivity contribution is 5.79. The molecule has 0 aliphatic rings. The summed E-state index contributed by atoms with van der Waals surface area (Å²) in [4.78, 5) is 4.59. The number of aliphatic imine (C=N–C) groups is 1. The highest BCUT2D eigenvalue weighted by Crippen LogP contribution is 2.19. The number of para-hydroxylation sites is 1. The molecule has 2 rings (SSSR count). The zero-order chi connectivity index (χ0) is 20.6. The molecule has 0 saturated carbocycles. The SMILES string of the molecule is CCNC(=NCC(C)(O)c1cnn(C)c1)NCC(Nc1ccccc1)C(C)C. The molecule has 7 nitrogen and oxygen atoms in total. The van der Waals surface area contributed by atoms with E-state index in [0.29, 0.717) is 18.4 Å². The number of aryl methyl sites for hydroxylation is 1. The van der Waals surface area contributed by atoms with Crippen LogP contribution in [0, 0.1) is 5.92 Å². The van der Waals surface area contributed by atoms with Crippen LogP contribution in [0.2, 0.25) is 0 Å². The van der Waals surface area contributed by atoms with Crippen LogP contribution in [-0.2, 0) is 12.6 Å². The highest BCUT2D eigenvalue weighted by Gasteiger charge is 2.24. The second-order valence-electron chi connectivity index (χ2n) is 7.61. The third-order valence-corrected chi connectivity index (χ3v) is 4.64. The number of rotatable bonds is 9. The van der Waals surface area contributed by atoms with E-state index in [1.54, 1.807) is 17.8 Å². The van der Waals surface area contributed by atoms with Gasteiger partial charge in [-0.15, -0.1) is 0 Å². The number of anilines is 1. The maximum Gasteiger partial charge on any atom is 0.191 e. The third kappa shape index (κ3) is 6.56. The first kappa shape index (κ1) is 21.8. The lowest BCUT2D eigenvalue weighted by Crippen LogP contribution is -2.45. The Hall–Kier alpha value is -2.54. The van der Waals surface area contributed by atoms with Gasteiger partial charge in [0.05, 0.1) is 12.7 Å². The number of aromatic nitrogens is 2. The van der Waals surface area contributed by atoms with Crippen LogP contribution in [0.3, 0.4) is 0 Å². The van der Waals surface area contributed by atoms with Gasteiger partial charge >= 0.3 is 0 Å². The normalized spacial score (nSPS) is 15.2. The summed E-state index contributed by atoms with van der Waals surface area (Å²) in [5.74, 6) is 1.13. The van der Waals surface area contributed by atoms with Gasteiger partial charge < -0.3 is 21.1 Å². The zero-order valence-electron chi connectivity index (χ0n) is 17.6. The lowest BCUT2D eigenvalue weighted by molar-refractivity contribution is 0.0672. The van der Waals surface area contributed by atoms with Crippen molar-refractivity contribution in [2.45, 2.75) is 39.3 Å². The van der Waals surface area contributed by atoms with Crippen molar-refractivity contribution < 1.29 is 5.11 Å². The van der Waals surface area contributed by atoms with Crippen molar-refractivity contribution in [2.24, 2.45) is 18.0 Å². The lowest BCUT2D eigenvalue weighted by atomic mass is 10.0. The Balaban J connectivity index is 2.00. The number of aliphatic hydroxyl groups is 1. The molecule has 7 heteroatoms. The Kier molecular flexibility index (Phi) is 7.87. The average Bonchev–Trinajstić information content (AvgIpc) is 3.11. The first-order valence-electron chi connectivity index (χ1n) is 9.87. The molecule has 0 radical (unpaired) electrons. The predicted molar refractivity (Wildman–Crippen MR) is 115 cm³/mol. The molecule has 0 spiro atoms. The molecule has 0 fully saturated rings. The molecular weight excluding hydrogens is 352 g/mol. The Morgan fingerprint density at radius 2 is 1.96 bits per heavy atom. The Morgan fingerprint density at radius 1 is 1.25 bits per heavy atom. The standard InChI is InChI=1S/C21H34N6O/c1-6-22-20(24-15-21(4,28)17-12-25-27(5)14-17)23-13-19(16(2)3)26-18-10-8-7-9-11-18/h7-12,14,16,19,26,28H,6,13,15H2,1-5H3,(H2,22,23,24). The minimum atomic E-state index is -1.07. The van der Waals surface area contributed by atoms with E-state index in [4.69, 9.17) is 0 Å². The van der Waals surface area contributed by atoms with Crippen molar-refractivity contribution in [1.29, 1.82) is 0 Å². The van der Waals surface area contributed by atoms with E-state index in [-0.39, 0.29) is 12.6 Å². The van der Waals surface area contributed by atoms with Gasteiger partial charge in [0.15, 0.2) is 5.96 Å². The molecule has 0 saturated heterocycles. The van der Waals surface area contributed by atoms with Gasteiger partial charge in [0.2, 0.25) is 0 Å². The highest BCUT2D eigenvalue weighted by atomic mass is 16.3. The number of guanidine groups is 1. The molecule has 1 heterocycles. The van der Waals surface area contributed by atoms with E-state index in [1.165, 1.54) is 0 Å². The summed E-state index contributed by atoms with van der Waals surface area (Å²) in [6.45, 7) is 9.88. The van der Waals surface area contributed by atoms with Crippen molar-refractivity contribution in [3.8, 4) is 0 Å². The van der Waals surface area contributed by atoms with Crippen molar-refractivity contribution in [3.63, 3.8) is 0 Å². The third-order valence-electron chi connectivity index (χ3n) is 4.64. The van der Waals surface area contributed by atoms with E-state index in [9.17, 15) is 5.11 Å². The first-order valence-corrected chi connectivity index (χ1v) is 9.87. The predicted octanol–water partition coefficient (Wildman–Crippen LogP) is 2.32. The average molecular weight is 387 g/mol. The van der Waals surface area contributed by atoms with Gasteiger partial charge in [0.1, 0.15) is 5.60 Å². The fourth-order valence-corrected chi connectivity index (χ4v) is 2.77. The summed E-state index contributed by atoms with van der Waals surface area (Å²) in [7, 11) is 1.83. The number of benzene rings is 1. The number of hydrogen-bond donors (Lipinski definition) is 4. The van der Waals surface area contributed by atoms with Gasteiger partial charge in [-0.25, -0.2) is 4.99 Å². The zero-order valence-corrected chi connectivity index (χ0v) is 17.6. The molecule has 0 amide bonds. The number of nitrogens with one attached hydrogen (secondary N) is 3. The molecule has 0 aliphatic carbocycles. The Labute approximate surface area is 168 Å². The van der Waals surface area contributed by atoms with Crippen molar-refractivity contribution >= 4 is 11.6 Å². The molecule has 2 atom stereocenters. The summed E-state index contributed by atoms with van der Waals surface area (Å²) < 4.78 is 1.68.